The van der Waals surface area contributed by atoms with Crippen molar-refractivity contribution in [2.24, 2.45) is 17.8 Å². The molecule has 0 bridgehead atoms. The number of carboxylic acid groups (broad SMARTS) is 4. The van der Waals surface area contributed by atoms with Crippen LogP contribution in [-0.4, -0.2) is 113 Å². The number of amides is 2. The zero-order valence-corrected chi connectivity index (χ0v) is 35.0. The first-order valence-electron chi connectivity index (χ1n) is 21.3. The Hall–Kier alpha value is -4.25. The van der Waals surface area contributed by atoms with Crippen molar-refractivity contribution in [3.8, 4) is 0 Å². The first-order valence-corrected chi connectivity index (χ1v) is 21.3. The molecule has 0 aromatic carbocycles. The van der Waals surface area contributed by atoms with Crippen molar-refractivity contribution < 1.29 is 73.1 Å². The lowest BCUT2D eigenvalue weighted by atomic mass is 9.91. The van der Waals surface area contributed by atoms with Crippen molar-refractivity contribution in [3.05, 3.63) is 0 Å². The number of ketones is 3. The summed E-state index contributed by atoms with van der Waals surface area (Å²) in [6.07, 6.45) is 8.25. The topological polar surface area (TPSA) is 277 Å². The fraction of sp³-hybridized carbons (Fsp3) is 0.786. The monoisotopic (exact) mass is 842 g/mol. The zero-order chi connectivity index (χ0) is 44.3. The molecule has 17 heteroatoms. The summed E-state index contributed by atoms with van der Waals surface area (Å²) >= 11 is 0. The smallest absolute Gasteiger partial charge is 0.306 e. The largest absolute Gasteiger partial charge is 0.481 e. The minimum Gasteiger partial charge on any atom is -0.481 e. The van der Waals surface area contributed by atoms with Gasteiger partial charge in [0.1, 0.15) is 17.3 Å². The Morgan fingerprint density at radius 1 is 0.424 bits per heavy atom. The fourth-order valence-electron chi connectivity index (χ4n) is 5.99. The maximum Gasteiger partial charge on any atom is 0.306 e. The number of hydrogen-bond donors (Lipinski definition) is 6. The summed E-state index contributed by atoms with van der Waals surface area (Å²) in [6.45, 7) is 4.46. The SMILES string of the molecule is C[C@@H](CCCCNC(=O)CC[C@H](CC(=O)CC[C@H](CC(=O)CCC(=O)NCCCOCCCCOCCCCC(=O)CCCCCCC(=O)O)C(=O)O)C(=O)O)C(=O)O. The standard InChI is InChI=1S/C42H70N2O15/c1-31(40(52)53)13-6-8-23-43-37(48)21-18-33(42(56)57)30-35(46)19-17-32(41(54)55)29-36(47)20-22-38(49)44-24-12-28-59-27-11-10-26-58-25-9-7-15-34(45)14-4-2-3-5-16-39(50)51/h31-33H,2-30H2,1H3,(H,43,48)(H,44,49)(H,50,51)(H,52,53)(H,54,55)(H,56,57)/t31-,32+,33+/m0/s1. The van der Waals surface area contributed by atoms with Crippen molar-refractivity contribution in [1.82, 2.24) is 10.6 Å². The molecule has 338 valence electrons. The van der Waals surface area contributed by atoms with Crippen LogP contribution in [0, 0.1) is 17.8 Å². The van der Waals surface area contributed by atoms with Crippen LogP contribution < -0.4 is 10.6 Å². The molecular weight excluding hydrogens is 772 g/mol. The van der Waals surface area contributed by atoms with Gasteiger partial charge in [-0.15, -0.1) is 0 Å². The molecule has 0 aromatic rings. The first-order chi connectivity index (χ1) is 28.1. The Morgan fingerprint density at radius 3 is 1.42 bits per heavy atom. The molecule has 17 nitrogen and oxygen atoms in total. The molecule has 6 N–H and O–H groups in total. The van der Waals surface area contributed by atoms with Crippen molar-refractivity contribution in [1.29, 1.82) is 0 Å². The summed E-state index contributed by atoms with van der Waals surface area (Å²) in [5.41, 5.74) is 0. The molecular formula is C42H70N2O15. The zero-order valence-electron chi connectivity index (χ0n) is 35.0. The van der Waals surface area contributed by atoms with Gasteiger partial charge in [0.2, 0.25) is 11.8 Å². The van der Waals surface area contributed by atoms with Crippen LogP contribution in [0.1, 0.15) is 155 Å². The molecule has 0 heterocycles. The highest BCUT2D eigenvalue weighted by atomic mass is 16.5. The van der Waals surface area contributed by atoms with E-state index in [9.17, 15) is 53.4 Å². The predicted molar refractivity (Wildman–Crippen MR) is 216 cm³/mol. The van der Waals surface area contributed by atoms with Crippen LogP contribution in [-0.2, 0) is 52.6 Å². The number of rotatable bonds is 42. The number of carbonyl (C=O) groups excluding carboxylic acids is 5. The van der Waals surface area contributed by atoms with E-state index in [1.54, 1.807) is 6.92 Å². The van der Waals surface area contributed by atoms with Crippen molar-refractivity contribution >= 4 is 53.0 Å². The molecule has 0 aliphatic rings. The lowest BCUT2D eigenvalue weighted by Crippen LogP contribution is -2.27. The third-order valence-corrected chi connectivity index (χ3v) is 9.78. The van der Waals surface area contributed by atoms with Crippen LogP contribution in [0.15, 0.2) is 0 Å². The summed E-state index contributed by atoms with van der Waals surface area (Å²) in [7, 11) is 0. The molecule has 59 heavy (non-hydrogen) atoms. The quantitative estimate of drug-likeness (QED) is 0.0434. The summed E-state index contributed by atoms with van der Waals surface area (Å²) in [5.74, 6) is -8.42. The average Bonchev–Trinajstić information content (AvgIpc) is 3.17. The minimum absolute atomic E-state index is 0.0902. The highest BCUT2D eigenvalue weighted by Crippen LogP contribution is 2.19. The number of hydrogen-bond acceptors (Lipinski definition) is 11. The predicted octanol–water partition coefficient (Wildman–Crippen LogP) is 5.14. The lowest BCUT2D eigenvalue weighted by molar-refractivity contribution is -0.145. The summed E-state index contributed by atoms with van der Waals surface area (Å²) in [4.78, 5) is 106. The Bertz CT molecular complexity index is 1290. The van der Waals surface area contributed by atoms with Gasteiger partial charge in [0.05, 0.1) is 17.8 Å². The van der Waals surface area contributed by atoms with E-state index in [2.05, 4.69) is 10.6 Å². The molecule has 0 aliphatic heterocycles. The maximum atomic E-state index is 12.5. The number of aliphatic carboxylic acids is 4. The molecule has 0 radical (unpaired) electrons. The molecule has 0 fully saturated rings. The number of carboxylic acids is 4. The van der Waals surface area contributed by atoms with E-state index in [1.165, 1.54) is 0 Å². The Morgan fingerprint density at radius 2 is 0.881 bits per heavy atom. The van der Waals surface area contributed by atoms with E-state index in [1.807, 2.05) is 0 Å². The molecule has 0 spiro atoms. The third-order valence-electron chi connectivity index (χ3n) is 9.78. The van der Waals surface area contributed by atoms with Gasteiger partial charge < -0.3 is 40.5 Å². The van der Waals surface area contributed by atoms with Gasteiger partial charge in [0, 0.05) is 97.3 Å². The van der Waals surface area contributed by atoms with E-state index in [-0.39, 0.29) is 75.4 Å². The van der Waals surface area contributed by atoms with Gasteiger partial charge in [0.25, 0.3) is 0 Å². The minimum atomic E-state index is -1.27. The Balaban J connectivity index is 4.00. The van der Waals surface area contributed by atoms with Gasteiger partial charge >= 0.3 is 23.9 Å². The lowest BCUT2D eigenvalue weighted by Gasteiger charge is -2.14. The van der Waals surface area contributed by atoms with Crippen LogP contribution in [0.3, 0.4) is 0 Å². The van der Waals surface area contributed by atoms with Crippen LogP contribution >= 0.6 is 0 Å². The second-order valence-electron chi connectivity index (χ2n) is 15.2. The number of nitrogens with one attached hydrogen (secondary N) is 2. The van der Waals surface area contributed by atoms with E-state index in [0.717, 1.165) is 44.9 Å². The fourth-order valence-corrected chi connectivity index (χ4v) is 5.99. The highest BCUT2D eigenvalue weighted by molar-refractivity contribution is 5.88. The maximum absolute atomic E-state index is 12.5. The van der Waals surface area contributed by atoms with Crippen molar-refractivity contribution in [3.63, 3.8) is 0 Å². The summed E-state index contributed by atoms with van der Waals surface area (Å²) in [5, 5.41) is 42.0. The van der Waals surface area contributed by atoms with Gasteiger partial charge in [-0.1, -0.05) is 26.2 Å². The Kier molecular flexibility index (Phi) is 33.1. The van der Waals surface area contributed by atoms with Gasteiger partial charge in [-0.3, -0.25) is 43.2 Å². The number of Topliss-reactive ketones (excluding diaryl/α,β-unsaturated/α-hetero) is 3. The molecule has 3 atom stereocenters. The Labute approximate surface area is 348 Å². The third kappa shape index (κ3) is 34.3. The van der Waals surface area contributed by atoms with Crippen LogP contribution in [0.2, 0.25) is 0 Å². The second-order valence-corrected chi connectivity index (χ2v) is 15.2. The van der Waals surface area contributed by atoms with E-state index >= 15 is 0 Å². The van der Waals surface area contributed by atoms with E-state index in [4.69, 9.17) is 19.7 Å². The van der Waals surface area contributed by atoms with Crippen molar-refractivity contribution in [2.45, 2.75) is 155 Å². The molecule has 0 saturated heterocycles. The molecule has 0 saturated carbocycles. The number of carbonyl (C=O) groups is 9. The summed E-state index contributed by atoms with van der Waals surface area (Å²) < 4.78 is 11.2. The van der Waals surface area contributed by atoms with Crippen LogP contribution in [0.4, 0.5) is 0 Å². The van der Waals surface area contributed by atoms with Gasteiger partial charge in [-0.05, 0) is 70.6 Å². The van der Waals surface area contributed by atoms with Gasteiger partial charge in [-0.25, -0.2) is 0 Å². The molecule has 0 unspecified atom stereocenters. The highest BCUT2D eigenvalue weighted by Gasteiger charge is 2.26. The number of unbranched alkanes of at least 4 members (excludes halogenated alkanes) is 6. The second kappa shape index (κ2) is 35.7. The molecule has 0 rings (SSSR count). The van der Waals surface area contributed by atoms with Crippen LogP contribution in [0.5, 0.6) is 0 Å². The molecule has 0 aliphatic carbocycles. The summed E-state index contributed by atoms with van der Waals surface area (Å²) in [6, 6.07) is 0. The van der Waals surface area contributed by atoms with E-state index < -0.39 is 53.2 Å². The van der Waals surface area contributed by atoms with E-state index in [0.29, 0.717) is 84.5 Å². The van der Waals surface area contributed by atoms with Gasteiger partial charge in [-0.2, -0.15) is 0 Å². The first kappa shape index (κ1) is 54.8. The number of ether oxygens (including phenoxy) is 2. The molecule has 2 amide bonds. The van der Waals surface area contributed by atoms with Crippen molar-refractivity contribution in [2.75, 3.05) is 39.5 Å². The normalized spacial score (nSPS) is 12.6. The van der Waals surface area contributed by atoms with Crippen LogP contribution in [0.25, 0.3) is 0 Å². The molecule has 0 aromatic heterocycles. The van der Waals surface area contributed by atoms with Gasteiger partial charge in [0.15, 0.2) is 0 Å². The average molecular weight is 843 g/mol.